The van der Waals surface area contributed by atoms with Crippen molar-refractivity contribution in [3.8, 4) is 11.1 Å². The van der Waals surface area contributed by atoms with Crippen molar-refractivity contribution in [2.45, 2.75) is 0 Å². The van der Waals surface area contributed by atoms with Gasteiger partial charge in [0, 0.05) is 26.0 Å². The number of hydrogen-bond acceptors (Lipinski definition) is 1. The van der Waals surface area contributed by atoms with Crippen molar-refractivity contribution in [2.75, 3.05) is 4.90 Å². The third kappa shape index (κ3) is 4.16. The summed E-state index contributed by atoms with van der Waals surface area (Å²) in [6.07, 6.45) is 0. The molecule has 0 amide bonds. The van der Waals surface area contributed by atoms with Gasteiger partial charge in [-0.25, -0.2) is 0 Å². The highest BCUT2D eigenvalue weighted by Gasteiger charge is 2.14. The number of halogens is 2. The number of hydrogen-bond donors (Lipinski definition) is 0. The van der Waals surface area contributed by atoms with Crippen LogP contribution in [0.2, 0.25) is 0 Å². The van der Waals surface area contributed by atoms with Crippen molar-refractivity contribution in [3.05, 3.63) is 124 Å². The maximum atomic E-state index is 3.72. The molecular formula is C28H19Br2N. The Kier molecular flexibility index (Phi) is 5.63. The van der Waals surface area contributed by atoms with Crippen LogP contribution < -0.4 is 4.90 Å². The average Bonchev–Trinajstić information content (AvgIpc) is 2.80. The molecule has 3 heteroatoms. The predicted octanol–water partition coefficient (Wildman–Crippen LogP) is 9.50. The van der Waals surface area contributed by atoms with E-state index in [0.29, 0.717) is 0 Å². The average molecular weight is 529 g/mol. The van der Waals surface area contributed by atoms with Crippen molar-refractivity contribution >= 4 is 59.7 Å². The van der Waals surface area contributed by atoms with Gasteiger partial charge in [0.15, 0.2) is 0 Å². The largest absolute Gasteiger partial charge is 0.310 e. The van der Waals surface area contributed by atoms with Gasteiger partial charge in [0.25, 0.3) is 0 Å². The first-order valence-corrected chi connectivity index (χ1v) is 11.7. The Bertz CT molecular complexity index is 1360. The second-order valence-corrected chi connectivity index (χ2v) is 9.15. The lowest BCUT2D eigenvalue weighted by atomic mass is 10.0. The molecule has 0 radical (unpaired) electrons. The van der Waals surface area contributed by atoms with Crippen LogP contribution >= 0.6 is 31.9 Å². The maximum absolute atomic E-state index is 3.72. The van der Waals surface area contributed by atoms with Gasteiger partial charge in [0.2, 0.25) is 0 Å². The normalized spacial score (nSPS) is 10.9. The van der Waals surface area contributed by atoms with Gasteiger partial charge >= 0.3 is 0 Å². The standard InChI is InChI=1S/C28H19Br2N/c29-23-14-16-27(28(30)19-23)22-9-6-12-25(18-22)31(24-10-2-1-3-11-24)26-15-13-20-7-4-5-8-21(20)17-26/h1-19H. The molecule has 5 aromatic carbocycles. The molecule has 0 saturated heterocycles. The Hall–Kier alpha value is -2.88. The molecule has 0 spiro atoms. The SMILES string of the molecule is Brc1ccc(-c2cccc(N(c3ccccc3)c3ccc4ccccc4c3)c2)c(Br)c1. The number of nitrogens with zero attached hydrogens (tertiary/aromatic N) is 1. The van der Waals surface area contributed by atoms with Gasteiger partial charge in [0.1, 0.15) is 0 Å². The molecule has 5 rings (SSSR count). The molecule has 0 aliphatic heterocycles. The lowest BCUT2D eigenvalue weighted by Crippen LogP contribution is -2.09. The van der Waals surface area contributed by atoms with Gasteiger partial charge in [-0.3, -0.25) is 0 Å². The van der Waals surface area contributed by atoms with Crippen molar-refractivity contribution in [1.82, 2.24) is 0 Å². The minimum Gasteiger partial charge on any atom is -0.310 e. The van der Waals surface area contributed by atoms with Crippen LogP contribution in [0.25, 0.3) is 21.9 Å². The van der Waals surface area contributed by atoms with Crippen molar-refractivity contribution in [2.24, 2.45) is 0 Å². The molecule has 150 valence electrons. The summed E-state index contributed by atoms with van der Waals surface area (Å²) >= 11 is 7.27. The Morgan fingerprint density at radius 3 is 2.00 bits per heavy atom. The fourth-order valence-electron chi connectivity index (χ4n) is 3.88. The molecule has 0 saturated carbocycles. The molecular weight excluding hydrogens is 510 g/mol. The van der Waals surface area contributed by atoms with Crippen molar-refractivity contribution in [3.63, 3.8) is 0 Å². The summed E-state index contributed by atoms with van der Waals surface area (Å²) in [5.74, 6) is 0. The van der Waals surface area contributed by atoms with Gasteiger partial charge < -0.3 is 4.90 Å². The Morgan fingerprint density at radius 2 is 1.19 bits per heavy atom. The lowest BCUT2D eigenvalue weighted by molar-refractivity contribution is 1.29. The molecule has 0 heterocycles. The summed E-state index contributed by atoms with van der Waals surface area (Å²) in [7, 11) is 0. The van der Waals surface area contributed by atoms with Crippen LogP contribution in [0.1, 0.15) is 0 Å². The number of fused-ring (bicyclic) bond motifs is 1. The van der Waals surface area contributed by atoms with E-state index in [1.807, 2.05) is 0 Å². The second kappa shape index (κ2) is 8.70. The number of rotatable bonds is 4. The summed E-state index contributed by atoms with van der Waals surface area (Å²) in [6.45, 7) is 0. The topological polar surface area (TPSA) is 3.24 Å². The highest BCUT2D eigenvalue weighted by atomic mass is 79.9. The third-order valence-electron chi connectivity index (χ3n) is 5.35. The molecule has 5 aromatic rings. The minimum absolute atomic E-state index is 1.06. The molecule has 0 fully saturated rings. The Morgan fingerprint density at radius 1 is 0.484 bits per heavy atom. The molecule has 0 aromatic heterocycles. The number of para-hydroxylation sites is 1. The first-order chi connectivity index (χ1) is 15.2. The van der Waals surface area contributed by atoms with Crippen LogP contribution in [0.4, 0.5) is 17.1 Å². The molecule has 0 unspecified atom stereocenters. The Balaban J connectivity index is 1.67. The van der Waals surface area contributed by atoms with Crippen molar-refractivity contribution < 1.29 is 0 Å². The molecule has 0 aliphatic rings. The molecule has 0 bridgehead atoms. The van der Waals surface area contributed by atoms with Gasteiger partial charge in [-0.15, -0.1) is 0 Å². The van der Waals surface area contributed by atoms with Crippen LogP contribution in [0.15, 0.2) is 124 Å². The van der Waals surface area contributed by atoms with Crippen molar-refractivity contribution in [1.29, 1.82) is 0 Å². The molecule has 0 aliphatic carbocycles. The van der Waals surface area contributed by atoms with Crippen LogP contribution in [0.3, 0.4) is 0 Å². The highest BCUT2D eigenvalue weighted by molar-refractivity contribution is 9.11. The highest BCUT2D eigenvalue weighted by Crippen LogP contribution is 2.39. The van der Waals surface area contributed by atoms with E-state index in [0.717, 1.165) is 31.6 Å². The predicted molar refractivity (Wildman–Crippen MR) is 139 cm³/mol. The molecule has 0 N–H and O–H groups in total. The number of benzene rings is 5. The van der Waals surface area contributed by atoms with Gasteiger partial charge in [-0.05, 0) is 70.4 Å². The second-order valence-electron chi connectivity index (χ2n) is 7.38. The Labute approximate surface area is 199 Å². The zero-order chi connectivity index (χ0) is 21.2. The quantitative estimate of drug-likeness (QED) is 0.224. The first-order valence-electron chi connectivity index (χ1n) is 10.1. The van der Waals surface area contributed by atoms with Crippen LogP contribution in [-0.4, -0.2) is 0 Å². The fraction of sp³-hybridized carbons (Fsp3) is 0. The minimum atomic E-state index is 1.06. The maximum Gasteiger partial charge on any atom is 0.0468 e. The van der Waals surface area contributed by atoms with E-state index in [-0.39, 0.29) is 0 Å². The lowest BCUT2D eigenvalue weighted by Gasteiger charge is -2.26. The van der Waals surface area contributed by atoms with E-state index in [1.54, 1.807) is 0 Å². The summed E-state index contributed by atoms with van der Waals surface area (Å²) in [5, 5.41) is 2.47. The van der Waals surface area contributed by atoms with E-state index in [1.165, 1.54) is 16.3 Å². The molecule has 31 heavy (non-hydrogen) atoms. The fourth-order valence-corrected chi connectivity index (χ4v) is 5.15. The van der Waals surface area contributed by atoms with Crippen LogP contribution in [0.5, 0.6) is 0 Å². The van der Waals surface area contributed by atoms with E-state index >= 15 is 0 Å². The zero-order valence-electron chi connectivity index (χ0n) is 16.7. The monoisotopic (exact) mass is 527 g/mol. The molecule has 1 nitrogen and oxygen atoms in total. The van der Waals surface area contributed by atoms with E-state index in [2.05, 4.69) is 152 Å². The van der Waals surface area contributed by atoms with Crippen LogP contribution in [-0.2, 0) is 0 Å². The van der Waals surface area contributed by atoms with Gasteiger partial charge in [-0.1, -0.05) is 98.6 Å². The van der Waals surface area contributed by atoms with E-state index < -0.39 is 0 Å². The summed E-state index contributed by atoms with van der Waals surface area (Å²) in [6, 6.07) is 40.6. The first kappa shape index (κ1) is 20.0. The summed E-state index contributed by atoms with van der Waals surface area (Å²) in [5.41, 5.74) is 5.71. The zero-order valence-corrected chi connectivity index (χ0v) is 19.8. The van der Waals surface area contributed by atoms with Gasteiger partial charge in [0.05, 0.1) is 0 Å². The van der Waals surface area contributed by atoms with E-state index in [4.69, 9.17) is 0 Å². The van der Waals surface area contributed by atoms with Crippen LogP contribution in [0, 0.1) is 0 Å². The summed E-state index contributed by atoms with van der Waals surface area (Å²) in [4.78, 5) is 2.31. The third-order valence-corrected chi connectivity index (χ3v) is 6.50. The number of anilines is 3. The molecule has 0 atom stereocenters. The smallest absolute Gasteiger partial charge is 0.0468 e. The summed E-state index contributed by atoms with van der Waals surface area (Å²) < 4.78 is 2.12. The van der Waals surface area contributed by atoms with E-state index in [9.17, 15) is 0 Å². The van der Waals surface area contributed by atoms with Gasteiger partial charge in [-0.2, -0.15) is 0 Å².